The van der Waals surface area contributed by atoms with E-state index in [1.165, 1.54) is 56.4 Å². The van der Waals surface area contributed by atoms with E-state index in [1.807, 2.05) is 0 Å². The molecule has 0 atom stereocenters. The highest BCUT2D eigenvalue weighted by Crippen LogP contribution is 2.17. The SMILES string of the molecule is c1ccc(CSCCCNC2CCCCC2)cc1. The van der Waals surface area contributed by atoms with Gasteiger partial charge in [-0.15, -0.1) is 0 Å². The Morgan fingerprint density at radius 3 is 2.61 bits per heavy atom. The normalized spacial score (nSPS) is 16.9. The highest BCUT2D eigenvalue weighted by Gasteiger charge is 2.11. The maximum absolute atomic E-state index is 3.71. The van der Waals surface area contributed by atoms with Gasteiger partial charge in [-0.3, -0.25) is 0 Å². The van der Waals surface area contributed by atoms with E-state index in [2.05, 4.69) is 47.4 Å². The predicted molar refractivity (Wildman–Crippen MR) is 82.1 cm³/mol. The quantitative estimate of drug-likeness (QED) is 0.739. The molecule has 0 heterocycles. The van der Waals surface area contributed by atoms with Crippen LogP contribution in [0.5, 0.6) is 0 Å². The number of nitrogens with one attached hydrogen (secondary N) is 1. The van der Waals surface area contributed by atoms with Crippen LogP contribution < -0.4 is 5.32 Å². The molecule has 0 aliphatic heterocycles. The Bertz CT molecular complexity index is 306. The molecule has 0 unspecified atom stereocenters. The van der Waals surface area contributed by atoms with Gasteiger partial charge in [0.2, 0.25) is 0 Å². The van der Waals surface area contributed by atoms with Gasteiger partial charge in [-0.1, -0.05) is 49.6 Å². The fourth-order valence-corrected chi connectivity index (χ4v) is 3.47. The molecule has 1 aliphatic carbocycles. The standard InChI is InChI=1S/C16H25NS/c1-3-8-15(9-4-1)14-18-13-7-12-17-16-10-5-2-6-11-16/h1,3-4,8-9,16-17H,2,5-7,10-14H2. The molecule has 1 aromatic rings. The summed E-state index contributed by atoms with van der Waals surface area (Å²) in [5.74, 6) is 2.43. The topological polar surface area (TPSA) is 12.0 Å². The number of benzene rings is 1. The zero-order chi connectivity index (χ0) is 12.5. The minimum absolute atomic E-state index is 0.817. The van der Waals surface area contributed by atoms with Crippen LogP contribution in [0.15, 0.2) is 30.3 Å². The third-order valence-corrected chi connectivity index (χ3v) is 4.73. The average Bonchev–Trinajstić information content (AvgIpc) is 2.45. The lowest BCUT2D eigenvalue weighted by Crippen LogP contribution is -2.31. The first-order valence-corrected chi connectivity index (χ1v) is 8.46. The van der Waals surface area contributed by atoms with Crippen LogP contribution in [-0.4, -0.2) is 18.3 Å². The van der Waals surface area contributed by atoms with Crippen molar-refractivity contribution < 1.29 is 0 Å². The van der Waals surface area contributed by atoms with Gasteiger partial charge in [0.05, 0.1) is 0 Å². The van der Waals surface area contributed by atoms with Gasteiger partial charge in [-0.2, -0.15) is 11.8 Å². The van der Waals surface area contributed by atoms with Crippen molar-refractivity contribution in [3.8, 4) is 0 Å². The monoisotopic (exact) mass is 263 g/mol. The summed E-state index contributed by atoms with van der Waals surface area (Å²) in [7, 11) is 0. The van der Waals surface area contributed by atoms with Crippen molar-refractivity contribution in [2.24, 2.45) is 0 Å². The van der Waals surface area contributed by atoms with Crippen LogP contribution in [0.4, 0.5) is 0 Å². The Labute approximate surface area is 116 Å². The van der Waals surface area contributed by atoms with Crippen molar-refractivity contribution in [3.05, 3.63) is 35.9 Å². The highest BCUT2D eigenvalue weighted by molar-refractivity contribution is 7.98. The molecule has 18 heavy (non-hydrogen) atoms. The van der Waals surface area contributed by atoms with Gasteiger partial charge in [-0.25, -0.2) is 0 Å². The third-order valence-electron chi connectivity index (χ3n) is 3.62. The van der Waals surface area contributed by atoms with E-state index in [-0.39, 0.29) is 0 Å². The van der Waals surface area contributed by atoms with Gasteiger partial charge >= 0.3 is 0 Å². The van der Waals surface area contributed by atoms with E-state index in [1.54, 1.807) is 0 Å². The van der Waals surface area contributed by atoms with E-state index in [0.29, 0.717) is 0 Å². The zero-order valence-electron chi connectivity index (χ0n) is 11.2. The van der Waals surface area contributed by atoms with Crippen molar-refractivity contribution in [2.75, 3.05) is 12.3 Å². The molecule has 1 saturated carbocycles. The molecule has 2 heteroatoms. The van der Waals surface area contributed by atoms with Crippen LogP contribution in [-0.2, 0) is 5.75 Å². The zero-order valence-corrected chi connectivity index (χ0v) is 12.1. The second-order valence-electron chi connectivity index (χ2n) is 5.18. The average molecular weight is 263 g/mol. The second-order valence-corrected chi connectivity index (χ2v) is 6.29. The summed E-state index contributed by atoms with van der Waals surface area (Å²) in [6, 6.07) is 11.6. The first-order valence-electron chi connectivity index (χ1n) is 7.30. The fraction of sp³-hybridized carbons (Fsp3) is 0.625. The van der Waals surface area contributed by atoms with Gasteiger partial charge in [-0.05, 0) is 37.1 Å². The number of rotatable bonds is 7. The molecular formula is C16H25NS. The van der Waals surface area contributed by atoms with Crippen LogP contribution >= 0.6 is 11.8 Å². The van der Waals surface area contributed by atoms with E-state index < -0.39 is 0 Å². The molecule has 0 spiro atoms. The molecule has 1 aromatic carbocycles. The Hall–Kier alpha value is -0.470. The first-order chi connectivity index (χ1) is 8.95. The molecule has 0 bridgehead atoms. The maximum Gasteiger partial charge on any atom is 0.0184 e. The molecule has 1 nitrogen and oxygen atoms in total. The van der Waals surface area contributed by atoms with Crippen molar-refractivity contribution in [3.63, 3.8) is 0 Å². The van der Waals surface area contributed by atoms with Crippen LogP contribution in [0, 0.1) is 0 Å². The van der Waals surface area contributed by atoms with Crippen LogP contribution in [0.25, 0.3) is 0 Å². The molecule has 100 valence electrons. The van der Waals surface area contributed by atoms with Crippen molar-refractivity contribution in [2.45, 2.75) is 50.3 Å². The first kappa shape index (κ1) is 14.0. The summed E-state index contributed by atoms with van der Waals surface area (Å²) in [6.07, 6.45) is 8.41. The van der Waals surface area contributed by atoms with Gasteiger partial charge in [0.15, 0.2) is 0 Å². The minimum Gasteiger partial charge on any atom is -0.314 e. The molecule has 1 aliphatic rings. The Balaban J connectivity index is 1.46. The van der Waals surface area contributed by atoms with Gasteiger partial charge in [0.25, 0.3) is 0 Å². The van der Waals surface area contributed by atoms with E-state index in [4.69, 9.17) is 0 Å². The Morgan fingerprint density at radius 1 is 1.06 bits per heavy atom. The lowest BCUT2D eigenvalue weighted by Gasteiger charge is -2.22. The van der Waals surface area contributed by atoms with E-state index in [9.17, 15) is 0 Å². The summed E-state index contributed by atoms with van der Waals surface area (Å²) in [4.78, 5) is 0. The summed E-state index contributed by atoms with van der Waals surface area (Å²) in [6.45, 7) is 1.20. The Kier molecular flexibility index (Phi) is 6.67. The van der Waals surface area contributed by atoms with E-state index >= 15 is 0 Å². The fourth-order valence-electron chi connectivity index (χ4n) is 2.55. The molecule has 0 aromatic heterocycles. The van der Waals surface area contributed by atoms with E-state index in [0.717, 1.165) is 11.8 Å². The smallest absolute Gasteiger partial charge is 0.0184 e. The molecule has 0 amide bonds. The minimum atomic E-state index is 0.817. The lowest BCUT2D eigenvalue weighted by atomic mass is 9.95. The number of hydrogen-bond acceptors (Lipinski definition) is 2. The van der Waals surface area contributed by atoms with Crippen molar-refractivity contribution in [1.82, 2.24) is 5.32 Å². The summed E-state index contributed by atoms with van der Waals surface area (Å²) in [5.41, 5.74) is 1.45. The lowest BCUT2D eigenvalue weighted by molar-refractivity contribution is 0.375. The molecule has 1 fully saturated rings. The van der Waals surface area contributed by atoms with Crippen LogP contribution in [0.2, 0.25) is 0 Å². The largest absolute Gasteiger partial charge is 0.314 e. The third kappa shape index (κ3) is 5.45. The summed E-state index contributed by atoms with van der Waals surface area (Å²) >= 11 is 2.05. The second kappa shape index (κ2) is 8.60. The van der Waals surface area contributed by atoms with Gasteiger partial charge < -0.3 is 5.32 Å². The molecule has 0 radical (unpaired) electrons. The molecule has 2 rings (SSSR count). The van der Waals surface area contributed by atoms with Crippen molar-refractivity contribution >= 4 is 11.8 Å². The Morgan fingerprint density at radius 2 is 1.83 bits per heavy atom. The van der Waals surface area contributed by atoms with Gasteiger partial charge in [0, 0.05) is 11.8 Å². The van der Waals surface area contributed by atoms with Crippen LogP contribution in [0.3, 0.4) is 0 Å². The number of hydrogen-bond donors (Lipinski definition) is 1. The predicted octanol–water partition coefficient (Wildman–Crippen LogP) is 4.23. The maximum atomic E-state index is 3.71. The van der Waals surface area contributed by atoms with Crippen molar-refractivity contribution in [1.29, 1.82) is 0 Å². The highest BCUT2D eigenvalue weighted by atomic mass is 32.2. The number of thioether (sulfide) groups is 1. The van der Waals surface area contributed by atoms with Gasteiger partial charge in [0.1, 0.15) is 0 Å². The summed E-state index contributed by atoms with van der Waals surface area (Å²) < 4.78 is 0. The molecular weight excluding hydrogens is 238 g/mol. The van der Waals surface area contributed by atoms with Crippen LogP contribution in [0.1, 0.15) is 44.1 Å². The molecule has 0 saturated heterocycles. The molecule has 1 N–H and O–H groups in total. The summed E-state index contributed by atoms with van der Waals surface area (Å²) in [5, 5.41) is 3.71.